The molecular formula is C18H24ClN7O. The molecule has 3 N–H and O–H groups in total. The van der Waals surface area contributed by atoms with Crippen molar-refractivity contribution in [3.05, 3.63) is 35.0 Å². The zero-order valence-electron chi connectivity index (χ0n) is 15.7. The van der Waals surface area contributed by atoms with E-state index in [0.717, 1.165) is 31.9 Å². The molecule has 9 heteroatoms. The van der Waals surface area contributed by atoms with Crippen molar-refractivity contribution in [2.75, 3.05) is 62.9 Å². The first kappa shape index (κ1) is 19.2. The maximum absolute atomic E-state index is 12.5. The maximum Gasteiger partial charge on any atom is 0.253 e. The predicted molar refractivity (Wildman–Crippen MR) is 109 cm³/mol. The van der Waals surface area contributed by atoms with Crippen molar-refractivity contribution in [3.8, 4) is 0 Å². The van der Waals surface area contributed by atoms with Crippen LogP contribution < -0.4 is 20.9 Å². The number of rotatable bonds is 5. The molecule has 1 aromatic heterocycles. The number of carbonyl (C=O) groups excluding carboxylic acids is 1. The zero-order valence-corrected chi connectivity index (χ0v) is 16.5. The van der Waals surface area contributed by atoms with Gasteiger partial charge < -0.3 is 25.8 Å². The fourth-order valence-corrected chi connectivity index (χ4v) is 3.07. The molecule has 2 heterocycles. The van der Waals surface area contributed by atoms with Crippen LogP contribution >= 0.6 is 11.6 Å². The van der Waals surface area contributed by atoms with Crippen LogP contribution in [0.25, 0.3) is 0 Å². The van der Waals surface area contributed by atoms with Gasteiger partial charge in [0, 0.05) is 46.0 Å². The minimum atomic E-state index is -0.174. The van der Waals surface area contributed by atoms with E-state index in [1.807, 2.05) is 18.2 Å². The first-order valence-electron chi connectivity index (χ1n) is 8.78. The van der Waals surface area contributed by atoms with Crippen molar-refractivity contribution in [3.63, 3.8) is 0 Å². The standard InChI is InChI=1S/C18H24ClN7O/c1-20-17(27)13-10-12(26-8-6-25(3)7-9-26)4-5-15(13)23-16-14(19)11-22-18(21-2)24-16/h4-5,10-11H,6-9H2,1-3H3,(H,20,27)(H2,21,22,23,24). The molecule has 0 radical (unpaired) electrons. The smallest absolute Gasteiger partial charge is 0.253 e. The number of halogens is 1. The molecule has 8 nitrogen and oxygen atoms in total. The Morgan fingerprint density at radius 2 is 1.93 bits per heavy atom. The third-order valence-corrected chi connectivity index (χ3v) is 4.84. The summed E-state index contributed by atoms with van der Waals surface area (Å²) in [5.74, 6) is 0.707. The molecule has 0 unspecified atom stereocenters. The second-order valence-corrected chi connectivity index (χ2v) is 6.77. The third-order valence-electron chi connectivity index (χ3n) is 4.56. The van der Waals surface area contributed by atoms with Gasteiger partial charge in [-0.1, -0.05) is 11.6 Å². The molecule has 27 heavy (non-hydrogen) atoms. The number of anilines is 4. The van der Waals surface area contributed by atoms with E-state index in [-0.39, 0.29) is 5.91 Å². The van der Waals surface area contributed by atoms with E-state index >= 15 is 0 Å². The lowest BCUT2D eigenvalue weighted by Gasteiger charge is -2.34. The summed E-state index contributed by atoms with van der Waals surface area (Å²) in [5, 5.41) is 9.10. The lowest BCUT2D eigenvalue weighted by atomic mass is 10.1. The summed E-state index contributed by atoms with van der Waals surface area (Å²) in [6, 6.07) is 5.80. The van der Waals surface area contributed by atoms with E-state index < -0.39 is 0 Å². The number of benzene rings is 1. The van der Waals surface area contributed by atoms with Crippen LogP contribution in [0, 0.1) is 0 Å². The number of nitrogens with one attached hydrogen (secondary N) is 3. The SMILES string of the molecule is CNC(=O)c1cc(N2CCN(C)CC2)ccc1Nc1nc(NC)ncc1Cl. The second kappa shape index (κ2) is 8.41. The molecule has 2 aromatic rings. The normalized spacial score (nSPS) is 14.7. The summed E-state index contributed by atoms with van der Waals surface area (Å²) < 4.78 is 0. The van der Waals surface area contributed by atoms with Gasteiger partial charge in [-0.3, -0.25) is 4.79 Å². The number of likely N-dealkylation sites (N-methyl/N-ethyl adjacent to an activating group) is 1. The lowest BCUT2D eigenvalue weighted by Crippen LogP contribution is -2.44. The Morgan fingerprint density at radius 3 is 2.59 bits per heavy atom. The molecule has 1 saturated heterocycles. The van der Waals surface area contributed by atoms with Crippen LogP contribution in [0.1, 0.15) is 10.4 Å². The molecule has 1 fully saturated rings. The van der Waals surface area contributed by atoms with Gasteiger partial charge in [0.1, 0.15) is 5.02 Å². The minimum Gasteiger partial charge on any atom is -0.369 e. The molecule has 0 bridgehead atoms. The molecule has 1 aliphatic heterocycles. The molecule has 0 aliphatic carbocycles. The van der Waals surface area contributed by atoms with Gasteiger partial charge in [0.2, 0.25) is 5.95 Å². The van der Waals surface area contributed by atoms with Crippen LogP contribution in [-0.2, 0) is 0 Å². The van der Waals surface area contributed by atoms with Crippen molar-refractivity contribution in [1.29, 1.82) is 0 Å². The van der Waals surface area contributed by atoms with E-state index in [9.17, 15) is 4.79 Å². The average Bonchev–Trinajstić information content (AvgIpc) is 2.70. The quantitative estimate of drug-likeness (QED) is 0.721. The van der Waals surface area contributed by atoms with Crippen molar-refractivity contribution in [1.82, 2.24) is 20.2 Å². The number of nitrogens with zero attached hydrogens (tertiary/aromatic N) is 4. The van der Waals surface area contributed by atoms with Gasteiger partial charge in [0.25, 0.3) is 5.91 Å². The van der Waals surface area contributed by atoms with Crippen LogP contribution in [0.3, 0.4) is 0 Å². The highest BCUT2D eigenvalue weighted by Gasteiger charge is 2.18. The largest absolute Gasteiger partial charge is 0.369 e. The average molecular weight is 390 g/mol. The molecule has 0 spiro atoms. The van der Waals surface area contributed by atoms with Crippen molar-refractivity contribution >= 4 is 40.6 Å². The van der Waals surface area contributed by atoms with Gasteiger partial charge in [0.15, 0.2) is 5.82 Å². The Bertz CT molecular complexity index is 821. The summed E-state index contributed by atoms with van der Waals surface area (Å²) in [6.07, 6.45) is 1.51. The van der Waals surface area contributed by atoms with Crippen molar-refractivity contribution < 1.29 is 4.79 Å². The highest BCUT2D eigenvalue weighted by atomic mass is 35.5. The molecule has 0 saturated carbocycles. The third kappa shape index (κ3) is 4.40. The maximum atomic E-state index is 12.5. The van der Waals surface area contributed by atoms with Crippen LogP contribution in [0.2, 0.25) is 5.02 Å². The fraction of sp³-hybridized carbons (Fsp3) is 0.389. The fourth-order valence-electron chi connectivity index (χ4n) is 2.93. The van der Waals surface area contributed by atoms with Crippen molar-refractivity contribution in [2.45, 2.75) is 0 Å². The van der Waals surface area contributed by atoms with E-state index in [1.54, 1.807) is 14.1 Å². The van der Waals surface area contributed by atoms with Crippen LogP contribution in [-0.4, -0.2) is 68.1 Å². The Kier molecular flexibility index (Phi) is 5.98. The summed E-state index contributed by atoms with van der Waals surface area (Å²) in [7, 11) is 5.46. The van der Waals surface area contributed by atoms with E-state index in [2.05, 4.69) is 42.8 Å². The minimum absolute atomic E-state index is 0.174. The molecule has 1 aromatic carbocycles. The monoisotopic (exact) mass is 389 g/mol. The number of amides is 1. The zero-order chi connectivity index (χ0) is 19.4. The van der Waals surface area contributed by atoms with Gasteiger partial charge in [-0.15, -0.1) is 0 Å². The highest BCUT2D eigenvalue weighted by Crippen LogP contribution is 2.29. The van der Waals surface area contributed by atoms with Gasteiger partial charge in [-0.25, -0.2) is 4.98 Å². The first-order chi connectivity index (χ1) is 13.0. The van der Waals surface area contributed by atoms with Crippen LogP contribution in [0.4, 0.5) is 23.1 Å². The van der Waals surface area contributed by atoms with Gasteiger partial charge >= 0.3 is 0 Å². The summed E-state index contributed by atoms with van der Waals surface area (Å²) in [6.45, 7) is 3.86. The first-order valence-corrected chi connectivity index (χ1v) is 9.16. The Labute approximate surface area is 163 Å². The molecular weight excluding hydrogens is 366 g/mol. The molecule has 144 valence electrons. The predicted octanol–water partition coefficient (Wildman–Crippen LogP) is 2.03. The molecule has 0 atom stereocenters. The number of piperazine rings is 1. The number of aromatic nitrogens is 2. The lowest BCUT2D eigenvalue weighted by molar-refractivity contribution is 0.0964. The molecule has 1 amide bonds. The topological polar surface area (TPSA) is 85.4 Å². The van der Waals surface area contributed by atoms with Crippen LogP contribution in [0.5, 0.6) is 0 Å². The summed E-state index contributed by atoms with van der Waals surface area (Å²) in [4.78, 5) is 25.4. The Balaban J connectivity index is 1.92. The summed E-state index contributed by atoms with van der Waals surface area (Å²) in [5.41, 5.74) is 2.20. The number of hydrogen-bond donors (Lipinski definition) is 3. The summed E-state index contributed by atoms with van der Waals surface area (Å²) >= 11 is 6.21. The highest BCUT2D eigenvalue weighted by molar-refractivity contribution is 6.33. The molecule has 3 rings (SSSR count). The Morgan fingerprint density at radius 1 is 1.19 bits per heavy atom. The number of hydrogen-bond acceptors (Lipinski definition) is 7. The van der Waals surface area contributed by atoms with Gasteiger partial charge in [-0.05, 0) is 25.2 Å². The molecule has 1 aliphatic rings. The van der Waals surface area contributed by atoms with Gasteiger partial charge in [-0.2, -0.15) is 4.98 Å². The van der Waals surface area contributed by atoms with E-state index in [0.29, 0.717) is 28.0 Å². The van der Waals surface area contributed by atoms with E-state index in [1.165, 1.54) is 6.20 Å². The number of carbonyl (C=O) groups is 1. The van der Waals surface area contributed by atoms with E-state index in [4.69, 9.17) is 11.6 Å². The second-order valence-electron chi connectivity index (χ2n) is 6.36. The van der Waals surface area contributed by atoms with Crippen molar-refractivity contribution in [2.24, 2.45) is 0 Å². The van der Waals surface area contributed by atoms with Crippen LogP contribution in [0.15, 0.2) is 24.4 Å². The Hall–Kier alpha value is -2.58. The van der Waals surface area contributed by atoms with Gasteiger partial charge in [0.05, 0.1) is 17.4 Å².